The molecule has 0 fully saturated rings. The zero-order valence-corrected chi connectivity index (χ0v) is 11.0. The molecule has 0 aliphatic carbocycles. The van der Waals surface area contributed by atoms with E-state index in [-0.39, 0.29) is 0 Å². The minimum Gasteiger partial charge on any atom is -0.382 e. The number of benzene rings is 1. The highest BCUT2D eigenvalue weighted by Crippen LogP contribution is 2.34. The van der Waals surface area contributed by atoms with Crippen molar-refractivity contribution in [2.75, 3.05) is 5.73 Å². The lowest BCUT2D eigenvalue weighted by Crippen LogP contribution is -1.96. The first-order valence-corrected chi connectivity index (χ1v) is 6.36. The van der Waals surface area contributed by atoms with Gasteiger partial charge in [-0.3, -0.25) is 10.1 Å². The van der Waals surface area contributed by atoms with E-state index in [1.807, 2.05) is 18.2 Å². The zero-order chi connectivity index (χ0) is 13.4. The number of H-pyrrole nitrogens is 1. The van der Waals surface area contributed by atoms with Crippen LogP contribution in [0.3, 0.4) is 0 Å². The Hall–Kier alpha value is -2.36. The molecule has 0 saturated carbocycles. The Balaban J connectivity index is 2.31. The highest BCUT2D eigenvalue weighted by Gasteiger charge is 2.17. The summed E-state index contributed by atoms with van der Waals surface area (Å²) in [5.41, 5.74) is 10.00. The van der Waals surface area contributed by atoms with Crippen LogP contribution in [0.5, 0.6) is 0 Å². The molecule has 96 valence electrons. The van der Waals surface area contributed by atoms with Crippen LogP contribution in [0.15, 0.2) is 36.5 Å². The van der Waals surface area contributed by atoms with Gasteiger partial charge in [-0.25, -0.2) is 0 Å². The maximum atomic E-state index is 5.96. The van der Waals surface area contributed by atoms with Gasteiger partial charge in [-0.1, -0.05) is 38.1 Å². The molecule has 2 heterocycles. The fourth-order valence-corrected chi connectivity index (χ4v) is 2.46. The molecule has 0 spiro atoms. The van der Waals surface area contributed by atoms with Crippen LogP contribution in [0.4, 0.5) is 5.82 Å². The molecule has 3 rings (SSSR count). The summed E-state index contributed by atoms with van der Waals surface area (Å²) in [5, 5.41) is 8.31. The fourth-order valence-electron chi connectivity index (χ4n) is 2.46. The molecule has 0 atom stereocenters. The number of nitrogen functional groups attached to an aromatic ring is 1. The van der Waals surface area contributed by atoms with Gasteiger partial charge in [0.05, 0.1) is 11.2 Å². The number of nitrogens with one attached hydrogen (secondary N) is 1. The average molecular weight is 252 g/mol. The summed E-state index contributed by atoms with van der Waals surface area (Å²) in [6, 6.07) is 10.1. The number of rotatable bonds is 2. The van der Waals surface area contributed by atoms with Crippen molar-refractivity contribution in [3.05, 3.63) is 42.1 Å². The Morgan fingerprint density at radius 3 is 2.74 bits per heavy atom. The first-order valence-electron chi connectivity index (χ1n) is 6.36. The Bertz CT molecular complexity index is 723. The second-order valence-corrected chi connectivity index (χ2v) is 4.93. The number of nitrogens with zero attached hydrogens (tertiary/aromatic N) is 2. The third-order valence-corrected chi connectivity index (χ3v) is 3.31. The maximum absolute atomic E-state index is 5.96. The topological polar surface area (TPSA) is 67.6 Å². The van der Waals surface area contributed by atoms with Crippen LogP contribution < -0.4 is 5.73 Å². The molecule has 0 radical (unpaired) electrons. The van der Waals surface area contributed by atoms with Gasteiger partial charge in [0.2, 0.25) is 0 Å². The molecular formula is C15H16N4. The van der Waals surface area contributed by atoms with Crippen molar-refractivity contribution in [3.8, 4) is 11.3 Å². The molecule has 3 N–H and O–H groups in total. The summed E-state index contributed by atoms with van der Waals surface area (Å²) in [6.07, 6.45) is 1.81. The monoisotopic (exact) mass is 252 g/mol. The lowest BCUT2D eigenvalue weighted by atomic mass is 9.97. The van der Waals surface area contributed by atoms with Gasteiger partial charge in [0.1, 0.15) is 5.82 Å². The van der Waals surface area contributed by atoms with Crippen molar-refractivity contribution in [1.82, 2.24) is 15.2 Å². The normalized spacial score (nSPS) is 11.3. The predicted molar refractivity (Wildman–Crippen MR) is 77.8 cm³/mol. The summed E-state index contributed by atoms with van der Waals surface area (Å²) < 4.78 is 0. The summed E-state index contributed by atoms with van der Waals surface area (Å²) in [4.78, 5) is 4.48. The number of para-hydroxylation sites is 1. The average Bonchev–Trinajstić information content (AvgIpc) is 2.80. The molecule has 4 nitrogen and oxygen atoms in total. The summed E-state index contributed by atoms with van der Waals surface area (Å²) >= 11 is 0. The highest BCUT2D eigenvalue weighted by atomic mass is 15.2. The van der Waals surface area contributed by atoms with Crippen LogP contribution in [-0.2, 0) is 0 Å². The number of nitrogens with two attached hydrogens (primary N) is 1. The smallest absolute Gasteiger partial charge is 0.149 e. The minimum atomic E-state index is 0.313. The number of hydrogen-bond acceptors (Lipinski definition) is 3. The SMILES string of the molecule is CC(C)c1c(N)n[nH]c1-c1cccc2cccnc12. The van der Waals surface area contributed by atoms with Crippen LogP contribution >= 0.6 is 0 Å². The molecule has 0 unspecified atom stereocenters. The van der Waals surface area contributed by atoms with Crippen molar-refractivity contribution in [2.24, 2.45) is 0 Å². The Morgan fingerprint density at radius 1 is 1.16 bits per heavy atom. The van der Waals surface area contributed by atoms with Gasteiger partial charge in [0, 0.05) is 22.7 Å². The lowest BCUT2D eigenvalue weighted by Gasteiger charge is -2.09. The van der Waals surface area contributed by atoms with Crippen LogP contribution in [0.25, 0.3) is 22.2 Å². The molecule has 0 bridgehead atoms. The molecule has 0 amide bonds. The molecule has 2 aromatic heterocycles. The van der Waals surface area contributed by atoms with Gasteiger partial charge in [-0.15, -0.1) is 0 Å². The third kappa shape index (κ3) is 1.85. The predicted octanol–water partition coefficient (Wildman–Crippen LogP) is 3.33. The van der Waals surface area contributed by atoms with E-state index < -0.39 is 0 Å². The molecule has 0 aliphatic rings. The lowest BCUT2D eigenvalue weighted by molar-refractivity contribution is 0.873. The highest BCUT2D eigenvalue weighted by molar-refractivity contribution is 5.93. The van der Waals surface area contributed by atoms with Gasteiger partial charge < -0.3 is 5.73 Å². The van der Waals surface area contributed by atoms with E-state index in [9.17, 15) is 0 Å². The maximum Gasteiger partial charge on any atom is 0.149 e. The molecule has 0 saturated heterocycles. The number of aromatic amines is 1. The number of anilines is 1. The fraction of sp³-hybridized carbons (Fsp3) is 0.200. The molecule has 0 aliphatic heterocycles. The Morgan fingerprint density at radius 2 is 1.95 bits per heavy atom. The third-order valence-electron chi connectivity index (χ3n) is 3.31. The molecular weight excluding hydrogens is 236 g/mol. The molecule has 1 aromatic carbocycles. The quantitative estimate of drug-likeness (QED) is 0.735. The van der Waals surface area contributed by atoms with E-state index >= 15 is 0 Å². The van der Waals surface area contributed by atoms with E-state index in [1.165, 1.54) is 0 Å². The van der Waals surface area contributed by atoms with Crippen molar-refractivity contribution in [1.29, 1.82) is 0 Å². The minimum absolute atomic E-state index is 0.313. The summed E-state index contributed by atoms with van der Waals surface area (Å²) in [6.45, 7) is 4.23. The Labute approximate surface area is 111 Å². The zero-order valence-electron chi connectivity index (χ0n) is 11.0. The molecule has 19 heavy (non-hydrogen) atoms. The second kappa shape index (κ2) is 4.39. The van der Waals surface area contributed by atoms with Gasteiger partial charge in [0.15, 0.2) is 0 Å². The van der Waals surface area contributed by atoms with E-state index in [0.717, 1.165) is 27.7 Å². The van der Waals surface area contributed by atoms with Crippen molar-refractivity contribution < 1.29 is 0 Å². The Kier molecular flexibility index (Phi) is 2.71. The van der Waals surface area contributed by atoms with Gasteiger partial charge in [0.25, 0.3) is 0 Å². The number of pyridine rings is 1. The van der Waals surface area contributed by atoms with Gasteiger partial charge in [-0.05, 0) is 12.0 Å². The van der Waals surface area contributed by atoms with E-state index in [0.29, 0.717) is 11.7 Å². The molecule has 4 heteroatoms. The van der Waals surface area contributed by atoms with Gasteiger partial charge >= 0.3 is 0 Å². The van der Waals surface area contributed by atoms with Crippen molar-refractivity contribution in [3.63, 3.8) is 0 Å². The van der Waals surface area contributed by atoms with Crippen LogP contribution in [0.1, 0.15) is 25.3 Å². The van der Waals surface area contributed by atoms with E-state index in [2.05, 4.69) is 41.2 Å². The number of aromatic nitrogens is 3. The molecule has 3 aromatic rings. The summed E-state index contributed by atoms with van der Waals surface area (Å²) in [7, 11) is 0. The number of hydrogen-bond donors (Lipinski definition) is 2. The first kappa shape index (κ1) is 11.7. The largest absolute Gasteiger partial charge is 0.382 e. The van der Waals surface area contributed by atoms with Crippen molar-refractivity contribution in [2.45, 2.75) is 19.8 Å². The van der Waals surface area contributed by atoms with E-state index in [1.54, 1.807) is 6.20 Å². The van der Waals surface area contributed by atoms with Crippen LogP contribution in [-0.4, -0.2) is 15.2 Å². The van der Waals surface area contributed by atoms with E-state index in [4.69, 9.17) is 5.73 Å². The van der Waals surface area contributed by atoms with Gasteiger partial charge in [-0.2, -0.15) is 5.10 Å². The second-order valence-electron chi connectivity index (χ2n) is 4.93. The van der Waals surface area contributed by atoms with Crippen LogP contribution in [0.2, 0.25) is 0 Å². The van der Waals surface area contributed by atoms with Crippen LogP contribution in [0, 0.1) is 0 Å². The summed E-state index contributed by atoms with van der Waals surface area (Å²) in [5.74, 6) is 0.880. The standard InChI is InChI=1S/C15H16N4/c1-9(2)12-14(18-19-15(12)16)11-7-3-5-10-6-4-8-17-13(10)11/h3-9H,1-2H3,(H3,16,18,19). The first-order chi connectivity index (χ1) is 9.18. The van der Waals surface area contributed by atoms with Crippen molar-refractivity contribution >= 4 is 16.7 Å². The number of fused-ring (bicyclic) bond motifs is 1.